The summed E-state index contributed by atoms with van der Waals surface area (Å²) in [6.07, 6.45) is 4.61. The molecule has 1 atom stereocenters. The molecule has 2 aromatic rings. The van der Waals surface area contributed by atoms with Gasteiger partial charge in [-0.15, -0.1) is 0 Å². The minimum Gasteiger partial charge on any atom is -0.372 e. The van der Waals surface area contributed by atoms with Crippen molar-refractivity contribution in [2.24, 2.45) is 0 Å². The van der Waals surface area contributed by atoms with Crippen molar-refractivity contribution in [2.75, 3.05) is 20.2 Å². The Morgan fingerprint density at radius 2 is 2.11 bits per heavy atom. The third kappa shape index (κ3) is 2.37. The van der Waals surface area contributed by atoms with E-state index in [0.29, 0.717) is 0 Å². The predicted octanol–water partition coefficient (Wildman–Crippen LogP) is 1.98. The molecule has 2 heterocycles. The van der Waals surface area contributed by atoms with Crippen molar-refractivity contribution in [3.05, 3.63) is 47.8 Å². The largest absolute Gasteiger partial charge is 0.372 e. The molecule has 0 amide bonds. The highest BCUT2D eigenvalue weighted by atomic mass is 16.5. The maximum absolute atomic E-state index is 5.83. The molecule has 1 aromatic carbocycles. The van der Waals surface area contributed by atoms with Crippen LogP contribution in [0.5, 0.6) is 0 Å². The number of rotatable bonds is 3. The van der Waals surface area contributed by atoms with Crippen LogP contribution in [0.2, 0.25) is 0 Å². The average molecular weight is 255 g/mol. The number of hydrogen-bond donors (Lipinski definition) is 1. The summed E-state index contributed by atoms with van der Waals surface area (Å²) in [5.41, 5.74) is 3.70. The summed E-state index contributed by atoms with van der Waals surface area (Å²) >= 11 is 0. The Kier molecular flexibility index (Phi) is 3.53. The summed E-state index contributed by atoms with van der Waals surface area (Å²) in [5.74, 6) is 0.796. The Labute approximate surface area is 112 Å². The summed E-state index contributed by atoms with van der Waals surface area (Å²) in [7, 11) is 1.95. The van der Waals surface area contributed by atoms with Gasteiger partial charge in [0.25, 0.3) is 0 Å². The summed E-state index contributed by atoms with van der Waals surface area (Å²) in [4.78, 5) is 8.72. The second-order valence-electron chi connectivity index (χ2n) is 4.61. The lowest BCUT2D eigenvalue weighted by atomic mass is 9.92. The molecule has 0 aliphatic carbocycles. The lowest BCUT2D eigenvalue weighted by Gasteiger charge is -2.27. The van der Waals surface area contributed by atoms with E-state index in [-0.39, 0.29) is 6.10 Å². The first kappa shape index (κ1) is 12.3. The van der Waals surface area contributed by atoms with Crippen LogP contribution in [0.15, 0.2) is 36.7 Å². The molecular formula is C15H17N3O. The SMILES string of the molecule is CNCC1OCCc2c(-c3ncccn3)cccc21. The molecule has 1 aliphatic heterocycles. The molecule has 0 spiro atoms. The van der Waals surface area contributed by atoms with Gasteiger partial charge in [-0.3, -0.25) is 0 Å². The topological polar surface area (TPSA) is 47.0 Å². The van der Waals surface area contributed by atoms with E-state index in [2.05, 4.69) is 33.5 Å². The Balaban J connectivity index is 2.06. The fourth-order valence-electron chi connectivity index (χ4n) is 2.58. The highest BCUT2D eigenvalue weighted by Crippen LogP contribution is 2.32. The predicted molar refractivity (Wildman–Crippen MR) is 73.8 cm³/mol. The quantitative estimate of drug-likeness (QED) is 0.911. The molecule has 0 saturated carbocycles. The summed E-state index contributed by atoms with van der Waals surface area (Å²) in [5, 5.41) is 3.18. The fraction of sp³-hybridized carbons (Fsp3) is 0.333. The van der Waals surface area contributed by atoms with Crippen LogP contribution in [-0.2, 0) is 11.2 Å². The first-order valence-electron chi connectivity index (χ1n) is 6.55. The van der Waals surface area contributed by atoms with Crippen LogP contribution >= 0.6 is 0 Å². The summed E-state index contributed by atoms with van der Waals surface area (Å²) < 4.78 is 5.83. The molecule has 4 heteroatoms. The molecule has 1 aliphatic rings. The third-order valence-corrected chi connectivity index (χ3v) is 3.43. The molecule has 1 aromatic heterocycles. The number of aromatic nitrogens is 2. The van der Waals surface area contributed by atoms with Crippen molar-refractivity contribution in [1.29, 1.82) is 0 Å². The monoisotopic (exact) mass is 255 g/mol. The fourth-order valence-corrected chi connectivity index (χ4v) is 2.58. The van der Waals surface area contributed by atoms with E-state index < -0.39 is 0 Å². The van der Waals surface area contributed by atoms with Gasteiger partial charge in [-0.05, 0) is 30.7 Å². The third-order valence-electron chi connectivity index (χ3n) is 3.43. The first-order chi connectivity index (χ1) is 9.40. The van der Waals surface area contributed by atoms with Crippen molar-refractivity contribution in [3.8, 4) is 11.4 Å². The van der Waals surface area contributed by atoms with E-state index in [1.165, 1.54) is 11.1 Å². The van der Waals surface area contributed by atoms with Gasteiger partial charge in [0.2, 0.25) is 0 Å². The van der Waals surface area contributed by atoms with Gasteiger partial charge in [0.15, 0.2) is 5.82 Å². The van der Waals surface area contributed by atoms with Crippen LogP contribution in [0.1, 0.15) is 17.2 Å². The second-order valence-corrected chi connectivity index (χ2v) is 4.61. The van der Waals surface area contributed by atoms with Gasteiger partial charge in [0.1, 0.15) is 0 Å². The number of fused-ring (bicyclic) bond motifs is 1. The Hall–Kier alpha value is -1.78. The van der Waals surface area contributed by atoms with Crippen LogP contribution in [0.4, 0.5) is 0 Å². The van der Waals surface area contributed by atoms with Crippen LogP contribution in [0.25, 0.3) is 11.4 Å². The lowest BCUT2D eigenvalue weighted by molar-refractivity contribution is 0.0440. The molecule has 98 valence electrons. The minimum absolute atomic E-state index is 0.123. The maximum atomic E-state index is 5.83. The van der Waals surface area contributed by atoms with E-state index in [4.69, 9.17) is 4.74 Å². The molecule has 0 fully saturated rings. The van der Waals surface area contributed by atoms with Crippen molar-refractivity contribution in [3.63, 3.8) is 0 Å². The van der Waals surface area contributed by atoms with Gasteiger partial charge >= 0.3 is 0 Å². The smallest absolute Gasteiger partial charge is 0.159 e. The van der Waals surface area contributed by atoms with E-state index in [1.807, 2.05) is 13.1 Å². The zero-order valence-electron chi connectivity index (χ0n) is 11.0. The average Bonchev–Trinajstić information content (AvgIpc) is 2.48. The Morgan fingerprint density at radius 1 is 1.26 bits per heavy atom. The molecule has 19 heavy (non-hydrogen) atoms. The van der Waals surface area contributed by atoms with Gasteiger partial charge in [-0.2, -0.15) is 0 Å². The van der Waals surface area contributed by atoms with Gasteiger partial charge in [-0.25, -0.2) is 9.97 Å². The molecular weight excluding hydrogens is 238 g/mol. The van der Waals surface area contributed by atoms with E-state index in [0.717, 1.165) is 31.0 Å². The van der Waals surface area contributed by atoms with Crippen molar-refractivity contribution in [1.82, 2.24) is 15.3 Å². The molecule has 0 radical (unpaired) electrons. The van der Waals surface area contributed by atoms with Crippen molar-refractivity contribution in [2.45, 2.75) is 12.5 Å². The summed E-state index contributed by atoms with van der Waals surface area (Å²) in [6, 6.07) is 8.13. The maximum Gasteiger partial charge on any atom is 0.159 e. The number of likely N-dealkylation sites (N-methyl/N-ethyl adjacent to an activating group) is 1. The molecule has 0 bridgehead atoms. The zero-order chi connectivity index (χ0) is 13.1. The minimum atomic E-state index is 0.123. The van der Waals surface area contributed by atoms with Crippen LogP contribution in [0, 0.1) is 0 Å². The molecule has 3 rings (SSSR count). The normalized spacial score (nSPS) is 18.1. The Bertz CT molecular complexity index is 557. The molecule has 1 N–H and O–H groups in total. The number of hydrogen-bond acceptors (Lipinski definition) is 4. The highest BCUT2D eigenvalue weighted by Gasteiger charge is 2.23. The van der Waals surface area contributed by atoms with Crippen LogP contribution < -0.4 is 5.32 Å². The van der Waals surface area contributed by atoms with Gasteiger partial charge in [0, 0.05) is 24.5 Å². The number of ether oxygens (including phenoxy) is 1. The van der Waals surface area contributed by atoms with Crippen LogP contribution in [0.3, 0.4) is 0 Å². The zero-order valence-corrected chi connectivity index (χ0v) is 11.0. The Morgan fingerprint density at radius 3 is 2.89 bits per heavy atom. The molecule has 4 nitrogen and oxygen atoms in total. The van der Waals surface area contributed by atoms with Gasteiger partial charge < -0.3 is 10.1 Å². The lowest BCUT2D eigenvalue weighted by Crippen LogP contribution is -2.25. The number of nitrogens with zero attached hydrogens (tertiary/aromatic N) is 2. The highest BCUT2D eigenvalue weighted by molar-refractivity contribution is 5.63. The summed E-state index contributed by atoms with van der Waals surface area (Å²) in [6.45, 7) is 1.58. The molecule has 0 saturated heterocycles. The first-order valence-corrected chi connectivity index (χ1v) is 6.55. The molecule has 1 unspecified atom stereocenters. The van der Waals surface area contributed by atoms with Gasteiger partial charge in [0.05, 0.1) is 12.7 Å². The van der Waals surface area contributed by atoms with E-state index in [1.54, 1.807) is 12.4 Å². The van der Waals surface area contributed by atoms with E-state index >= 15 is 0 Å². The number of benzene rings is 1. The van der Waals surface area contributed by atoms with Crippen molar-refractivity contribution >= 4 is 0 Å². The van der Waals surface area contributed by atoms with Crippen molar-refractivity contribution < 1.29 is 4.74 Å². The van der Waals surface area contributed by atoms with E-state index in [9.17, 15) is 0 Å². The number of nitrogens with one attached hydrogen (secondary N) is 1. The van der Waals surface area contributed by atoms with Gasteiger partial charge in [-0.1, -0.05) is 18.2 Å². The standard InChI is InChI=1S/C15H17N3O/c1-16-10-14-12-4-2-5-13(11(12)6-9-19-14)15-17-7-3-8-18-15/h2-5,7-8,14,16H,6,9-10H2,1H3. The second kappa shape index (κ2) is 5.47. The van der Waals surface area contributed by atoms with Crippen LogP contribution in [-0.4, -0.2) is 30.2 Å².